The molecule has 2 amide bonds. The highest BCUT2D eigenvalue weighted by molar-refractivity contribution is 7.15. The molecular weight excluding hydrogens is 421 g/mol. The van der Waals surface area contributed by atoms with Crippen molar-refractivity contribution >= 4 is 46.5 Å². The molecule has 6 nitrogen and oxygen atoms in total. The zero-order valence-corrected chi connectivity index (χ0v) is 17.7. The summed E-state index contributed by atoms with van der Waals surface area (Å²) in [4.78, 5) is 31.0. The summed E-state index contributed by atoms with van der Waals surface area (Å²) in [5.74, 6) is -0.0601. The number of hydrogen-bond acceptors (Lipinski definition) is 5. The first-order chi connectivity index (χ1) is 13.5. The van der Waals surface area contributed by atoms with Crippen molar-refractivity contribution in [2.75, 3.05) is 19.7 Å². The lowest BCUT2D eigenvalue weighted by molar-refractivity contribution is -0.121. The van der Waals surface area contributed by atoms with Crippen molar-refractivity contribution in [2.45, 2.75) is 32.2 Å². The number of aromatic nitrogens is 1. The molecule has 1 aliphatic heterocycles. The number of ether oxygens (including phenoxy) is 1. The highest BCUT2D eigenvalue weighted by atomic mass is 35.5. The van der Waals surface area contributed by atoms with Crippen LogP contribution < -0.4 is 5.32 Å². The van der Waals surface area contributed by atoms with Gasteiger partial charge in [-0.15, -0.1) is 11.3 Å². The number of nitrogens with zero attached hydrogens (tertiary/aromatic N) is 2. The van der Waals surface area contributed by atoms with Crippen LogP contribution in [0.15, 0.2) is 24.4 Å². The number of piperidine rings is 1. The number of carbonyl (C=O) groups is 2. The summed E-state index contributed by atoms with van der Waals surface area (Å²) < 4.78 is 5.01. The highest BCUT2D eigenvalue weighted by Crippen LogP contribution is 2.36. The Morgan fingerprint density at radius 1 is 1.29 bits per heavy atom. The van der Waals surface area contributed by atoms with E-state index >= 15 is 0 Å². The van der Waals surface area contributed by atoms with E-state index in [2.05, 4.69) is 10.3 Å². The van der Waals surface area contributed by atoms with E-state index in [1.807, 2.05) is 0 Å². The lowest BCUT2D eigenvalue weighted by Crippen LogP contribution is -2.47. The molecule has 2 aromatic rings. The van der Waals surface area contributed by atoms with E-state index in [0.717, 1.165) is 4.88 Å². The zero-order valence-electron chi connectivity index (χ0n) is 15.4. The van der Waals surface area contributed by atoms with Gasteiger partial charge in [0.05, 0.1) is 23.1 Å². The minimum atomic E-state index is -0.289. The monoisotopic (exact) mass is 441 g/mol. The van der Waals surface area contributed by atoms with Gasteiger partial charge >= 0.3 is 6.09 Å². The fourth-order valence-corrected chi connectivity index (χ4v) is 4.74. The quantitative estimate of drug-likeness (QED) is 0.746. The first kappa shape index (κ1) is 20.9. The molecule has 0 radical (unpaired) electrons. The second kappa shape index (κ2) is 9.58. The molecule has 0 aliphatic carbocycles. The molecule has 1 N–H and O–H groups in total. The molecule has 9 heteroatoms. The van der Waals surface area contributed by atoms with E-state index in [0.29, 0.717) is 53.2 Å². The maximum Gasteiger partial charge on any atom is 0.409 e. The molecular formula is C19H21Cl2N3O3S. The summed E-state index contributed by atoms with van der Waals surface area (Å²) in [5.41, 5.74) is 0.689. The SMILES string of the molecule is CCOC(=O)N1CCC(NC(=O)Cc2cnc(-c3c(Cl)cccc3Cl)s2)CC1. The molecule has 0 spiro atoms. The maximum absolute atomic E-state index is 12.4. The van der Waals surface area contributed by atoms with Crippen LogP contribution in [-0.4, -0.2) is 47.6 Å². The Morgan fingerprint density at radius 3 is 2.61 bits per heavy atom. The van der Waals surface area contributed by atoms with Gasteiger partial charge in [-0.1, -0.05) is 29.3 Å². The smallest absolute Gasteiger partial charge is 0.409 e. The molecule has 150 valence electrons. The summed E-state index contributed by atoms with van der Waals surface area (Å²) in [5, 5.41) is 4.80. The summed E-state index contributed by atoms with van der Waals surface area (Å²) in [6.45, 7) is 3.32. The largest absolute Gasteiger partial charge is 0.450 e. The highest BCUT2D eigenvalue weighted by Gasteiger charge is 2.24. The van der Waals surface area contributed by atoms with Crippen molar-refractivity contribution in [1.82, 2.24) is 15.2 Å². The number of benzene rings is 1. The summed E-state index contributed by atoms with van der Waals surface area (Å²) >= 11 is 13.9. The third-order valence-electron chi connectivity index (χ3n) is 4.45. The van der Waals surface area contributed by atoms with Gasteiger partial charge in [-0.2, -0.15) is 0 Å². The van der Waals surface area contributed by atoms with Crippen LogP contribution in [0.1, 0.15) is 24.6 Å². The molecule has 1 aromatic carbocycles. The number of likely N-dealkylation sites (tertiary alicyclic amines) is 1. The average molecular weight is 442 g/mol. The summed E-state index contributed by atoms with van der Waals surface area (Å²) in [7, 11) is 0. The van der Waals surface area contributed by atoms with Crippen molar-refractivity contribution in [3.05, 3.63) is 39.3 Å². The average Bonchev–Trinajstić information content (AvgIpc) is 3.10. The van der Waals surface area contributed by atoms with E-state index in [-0.39, 0.29) is 24.5 Å². The van der Waals surface area contributed by atoms with Crippen LogP contribution >= 0.6 is 34.5 Å². The van der Waals surface area contributed by atoms with Crippen LogP contribution in [-0.2, 0) is 16.0 Å². The Kier molecular flexibility index (Phi) is 7.15. The lowest BCUT2D eigenvalue weighted by atomic mass is 10.1. The molecule has 2 heterocycles. The van der Waals surface area contributed by atoms with Crippen LogP contribution in [0, 0.1) is 0 Å². The number of nitrogens with one attached hydrogen (secondary N) is 1. The Morgan fingerprint density at radius 2 is 1.96 bits per heavy atom. The van der Waals surface area contributed by atoms with Crippen LogP contribution in [0.5, 0.6) is 0 Å². The second-order valence-corrected chi connectivity index (χ2v) is 8.36. The van der Waals surface area contributed by atoms with E-state index in [9.17, 15) is 9.59 Å². The predicted molar refractivity (Wildman–Crippen MR) is 111 cm³/mol. The van der Waals surface area contributed by atoms with Crippen molar-refractivity contribution in [3.8, 4) is 10.6 Å². The number of hydrogen-bond donors (Lipinski definition) is 1. The van der Waals surface area contributed by atoms with Gasteiger partial charge in [-0.25, -0.2) is 9.78 Å². The van der Waals surface area contributed by atoms with Gasteiger partial charge < -0.3 is 15.0 Å². The number of amides is 2. The molecule has 0 atom stereocenters. The Balaban J connectivity index is 1.53. The molecule has 3 rings (SSSR count). The number of carbonyl (C=O) groups excluding carboxylic acids is 2. The van der Waals surface area contributed by atoms with Gasteiger partial charge in [0.15, 0.2) is 0 Å². The summed E-state index contributed by atoms with van der Waals surface area (Å²) in [6.07, 6.45) is 3.07. The maximum atomic E-state index is 12.4. The minimum absolute atomic E-state index is 0.0589. The van der Waals surface area contributed by atoms with Crippen LogP contribution in [0.3, 0.4) is 0 Å². The number of thiazole rings is 1. The first-order valence-electron chi connectivity index (χ1n) is 9.08. The van der Waals surface area contributed by atoms with Gasteiger partial charge in [0.1, 0.15) is 5.01 Å². The fourth-order valence-electron chi connectivity index (χ4n) is 3.07. The second-order valence-electron chi connectivity index (χ2n) is 6.43. The van der Waals surface area contributed by atoms with Gasteiger partial charge in [-0.3, -0.25) is 4.79 Å². The molecule has 0 unspecified atom stereocenters. The predicted octanol–water partition coefficient (Wildman–Crippen LogP) is 4.40. The molecule has 28 heavy (non-hydrogen) atoms. The first-order valence-corrected chi connectivity index (χ1v) is 10.6. The van der Waals surface area contributed by atoms with Crippen molar-refractivity contribution < 1.29 is 14.3 Å². The van der Waals surface area contributed by atoms with Crippen LogP contribution in [0.2, 0.25) is 10.0 Å². The minimum Gasteiger partial charge on any atom is -0.450 e. The van der Waals surface area contributed by atoms with Gasteiger partial charge in [0, 0.05) is 35.8 Å². The molecule has 1 fully saturated rings. The fraction of sp³-hybridized carbons (Fsp3) is 0.421. The standard InChI is InChI=1S/C19H21Cl2N3O3S/c1-2-27-19(26)24-8-6-12(7-9-24)23-16(25)10-13-11-22-18(28-13)17-14(20)4-3-5-15(17)21/h3-5,11-12H,2,6-10H2,1H3,(H,23,25). The molecule has 1 aromatic heterocycles. The topological polar surface area (TPSA) is 71.5 Å². The normalized spacial score (nSPS) is 14.8. The van der Waals surface area contributed by atoms with Gasteiger partial charge in [0.2, 0.25) is 5.91 Å². The molecule has 0 bridgehead atoms. The number of halogens is 2. The van der Waals surface area contributed by atoms with E-state index < -0.39 is 0 Å². The lowest BCUT2D eigenvalue weighted by Gasteiger charge is -2.31. The molecule has 0 saturated carbocycles. The van der Waals surface area contributed by atoms with Crippen LogP contribution in [0.25, 0.3) is 10.6 Å². The van der Waals surface area contributed by atoms with Crippen LogP contribution in [0.4, 0.5) is 4.79 Å². The van der Waals surface area contributed by atoms with Crippen molar-refractivity contribution in [2.24, 2.45) is 0 Å². The van der Waals surface area contributed by atoms with Crippen molar-refractivity contribution in [1.29, 1.82) is 0 Å². The van der Waals surface area contributed by atoms with E-state index in [1.165, 1.54) is 11.3 Å². The Bertz CT molecular complexity index is 830. The third kappa shape index (κ3) is 5.16. The van der Waals surface area contributed by atoms with E-state index in [1.54, 1.807) is 36.2 Å². The van der Waals surface area contributed by atoms with E-state index in [4.69, 9.17) is 27.9 Å². The number of rotatable bonds is 5. The Hall–Kier alpha value is -1.83. The zero-order chi connectivity index (χ0) is 20.1. The van der Waals surface area contributed by atoms with Crippen molar-refractivity contribution in [3.63, 3.8) is 0 Å². The Labute approximate surface area is 177 Å². The van der Waals surface area contributed by atoms with Gasteiger partial charge in [0.25, 0.3) is 0 Å². The molecule has 1 saturated heterocycles. The van der Waals surface area contributed by atoms with Gasteiger partial charge in [-0.05, 0) is 31.9 Å². The molecule has 1 aliphatic rings. The summed E-state index contributed by atoms with van der Waals surface area (Å²) in [6, 6.07) is 5.37. The third-order valence-corrected chi connectivity index (χ3v) is 6.10.